The molecule has 0 heterocycles. The first-order valence-corrected chi connectivity index (χ1v) is 3.43. The number of hydrogen-bond donors (Lipinski definition) is 2. The fourth-order valence-electron chi connectivity index (χ4n) is 0.194. The van der Waals surface area contributed by atoms with Crippen LogP contribution in [0.3, 0.4) is 0 Å². The smallest absolute Gasteiger partial charge is 0.321 e. The first-order valence-electron chi connectivity index (χ1n) is 1.75. The van der Waals surface area contributed by atoms with Crippen LogP contribution >= 0.6 is 7.60 Å². The summed E-state index contributed by atoms with van der Waals surface area (Å²) in [6.07, 6.45) is 1.32. The van der Waals surface area contributed by atoms with Crippen LogP contribution in [0, 0.1) is 0 Å². The van der Waals surface area contributed by atoms with Gasteiger partial charge in [0.1, 0.15) is 0 Å². The van der Waals surface area contributed by atoms with E-state index in [1.165, 1.54) is 6.08 Å². The van der Waals surface area contributed by atoms with Crippen molar-refractivity contribution in [2.75, 3.05) is 0 Å². The Morgan fingerprint density at radius 3 is 2.00 bits per heavy atom. The van der Waals surface area contributed by atoms with Gasteiger partial charge in [0.15, 0.2) is 0 Å². The largest absolute Gasteiger partial charge is 0.348 e. The van der Waals surface area contributed by atoms with Crippen LogP contribution in [0.4, 0.5) is 0 Å². The lowest BCUT2D eigenvalue weighted by Crippen LogP contribution is -1.65. The van der Waals surface area contributed by atoms with Crippen molar-refractivity contribution in [2.24, 2.45) is 0 Å². The monoisotopic (exact) mass is 122 g/mol. The summed E-state index contributed by atoms with van der Waals surface area (Å²) in [4.78, 5) is 16.1. The zero-order chi connectivity index (χ0) is 5.91. The molecule has 0 saturated carbocycles. The molecule has 42 valence electrons. The standard InChI is InChI=1S/C3H7O3P/c1-2-3-7(4,5)6/h2-3H,1H3,(H2,4,5,6)/b3-2-. The second-order valence-electron chi connectivity index (χ2n) is 1.07. The van der Waals surface area contributed by atoms with E-state index in [1.807, 2.05) is 0 Å². The Bertz CT molecular complexity index is 111. The molecular formula is C3H7O3P. The molecular weight excluding hydrogens is 115 g/mol. The second-order valence-corrected chi connectivity index (χ2v) is 2.55. The zero-order valence-electron chi connectivity index (χ0n) is 3.90. The van der Waals surface area contributed by atoms with Crippen molar-refractivity contribution >= 4 is 7.60 Å². The van der Waals surface area contributed by atoms with Crippen molar-refractivity contribution in [1.82, 2.24) is 0 Å². The van der Waals surface area contributed by atoms with E-state index in [1.54, 1.807) is 6.92 Å². The van der Waals surface area contributed by atoms with E-state index >= 15 is 0 Å². The summed E-state index contributed by atoms with van der Waals surface area (Å²) in [5, 5.41) is 0. The normalized spacial score (nSPS) is 13.0. The Hall–Kier alpha value is -0.110. The van der Waals surface area contributed by atoms with Crippen LogP contribution in [0.1, 0.15) is 6.92 Å². The van der Waals surface area contributed by atoms with Gasteiger partial charge in [-0.2, -0.15) is 0 Å². The molecule has 0 spiro atoms. The average Bonchev–Trinajstić information content (AvgIpc) is 1.30. The summed E-state index contributed by atoms with van der Waals surface area (Å²) in [6.45, 7) is 1.55. The van der Waals surface area contributed by atoms with Gasteiger partial charge in [0.05, 0.1) is 0 Å². The third kappa shape index (κ3) is 5.89. The molecule has 0 unspecified atom stereocenters. The van der Waals surface area contributed by atoms with E-state index in [0.717, 1.165) is 5.82 Å². The quantitative estimate of drug-likeness (QED) is 0.503. The summed E-state index contributed by atoms with van der Waals surface area (Å²) < 4.78 is 9.84. The van der Waals surface area contributed by atoms with Gasteiger partial charge < -0.3 is 9.79 Å². The minimum Gasteiger partial charge on any atom is -0.321 e. The lowest BCUT2D eigenvalue weighted by molar-refractivity contribution is 0.386. The van der Waals surface area contributed by atoms with Gasteiger partial charge in [-0.05, 0) is 6.92 Å². The van der Waals surface area contributed by atoms with Crippen LogP contribution in [0.5, 0.6) is 0 Å². The lowest BCUT2D eigenvalue weighted by Gasteiger charge is -1.89. The maximum atomic E-state index is 9.84. The molecule has 0 aromatic carbocycles. The van der Waals surface area contributed by atoms with Crippen molar-refractivity contribution in [3.05, 3.63) is 11.9 Å². The Kier molecular flexibility index (Phi) is 2.23. The molecule has 0 aliphatic rings. The van der Waals surface area contributed by atoms with E-state index in [2.05, 4.69) is 0 Å². The van der Waals surface area contributed by atoms with Crippen LogP contribution in [-0.2, 0) is 4.57 Å². The summed E-state index contributed by atoms with van der Waals surface area (Å²) in [6, 6.07) is 0. The van der Waals surface area contributed by atoms with E-state index in [9.17, 15) is 4.57 Å². The SMILES string of the molecule is C/C=C\P(=O)(O)O. The summed E-state index contributed by atoms with van der Waals surface area (Å²) in [5.41, 5.74) is 0. The highest BCUT2D eigenvalue weighted by atomic mass is 31.2. The van der Waals surface area contributed by atoms with E-state index in [4.69, 9.17) is 9.79 Å². The van der Waals surface area contributed by atoms with Crippen molar-refractivity contribution in [3.8, 4) is 0 Å². The average molecular weight is 122 g/mol. The highest BCUT2D eigenvalue weighted by Crippen LogP contribution is 2.35. The topological polar surface area (TPSA) is 57.5 Å². The Morgan fingerprint density at radius 1 is 1.57 bits per heavy atom. The highest BCUT2D eigenvalue weighted by Gasteiger charge is 2.02. The predicted molar refractivity (Wildman–Crippen MR) is 26.9 cm³/mol. The third-order valence-electron chi connectivity index (χ3n) is 0.343. The fourth-order valence-corrected chi connectivity index (χ4v) is 0.583. The fraction of sp³-hybridized carbons (Fsp3) is 0.333. The van der Waals surface area contributed by atoms with Gasteiger partial charge in [-0.25, -0.2) is 0 Å². The maximum absolute atomic E-state index is 9.84. The predicted octanol–water partition coefficient (Wildman–Crippen LogP) is 0.698. The summed E-state index contributed by atoms with van der Waals surface area (Å²) in [7, 11) is -3.85. The van der Waals surface area contributed by atoms with Crippen LogP contribution in [-0.4, -0.2) is 9.79 Å². The molecule has 0 fully saturated rings. The zero-order valence-corrected chi connectivity index (χ0v) is 4.80. The molecule has 2 N–H and O–H groups in total. The van der Waals surface area contributed by atoms with Crippen molar-refractivity contribution in [2.45, 2.75) is 6.92 Å². The molecule has 0 atom stereocenters. The molecule has 3 nitrogen and oxygen atoms in total. The molecule has 7 heavy (non-hydrogen) atoms. The first kappa shape index (κ1) is 6.89. The molecule has 4 heteroatoms. The molecule has 0 aromatic heterocycles. The van der Waals surface area contributed by atoms with Gasteiger partial charge in [-0.1, -0.05) is 6.08 Å². The van der Waals surface area contributed by atoms with Crippen molar-refractivity contribution in [1.29, 1.82) is 0 Å². The van der Waals surface area contributed by atoms with E-state index in [-0.39, 0.29) is 0 Å². The highest BCUT2D eigenvalue weighted by molar-refractivity contribution is 7.55. The van der Waals surface area contributed by atoms with Gasteiger partial charge in [-0.15, -0.1) is 0 Å². The summed E-state index contributed by atoms with van der Waals surface area (Å²) in [5.74, 6) is 0.854. The van der Waals surface area contributed by atoms with Gasteiger partial charge in [0.25, 0.3) is 0 Å². The van der Waals surface area contributed by atoms with Gasteiger partial charge in [-0.3, -0.25) is 4.57 Å². The minimum atomic E-state index is -3.85. The lowest BCUT2D eigenvalue weighted by atomic mass is 10.8. The van der Waals surface area contributed by atoms with Gasteiger partial charge >= 0.3 is 7.60 Å². The number of hydrogen-bond acceptors (Lipinski definition) is 1. The van der Waals surface area contributed by atoms with Crippen LogP contribution in [0.15, 0.2) is 11.9 Å². The van der Waals surface area contributed by atoms with Crippen LogP contribution in [0.2, 0.25) is 0 Å². The second kappa shape index (κ2) is 2.26. The molecule has 0 aliphatic heterocycles. The van der Waals surface area contributed by atoms with Crippen LogP contribution < -0.4 is 0 Å². The maximum Gasteiger partial charge on any atom is 0.348 e. The van der Waals surface area contributed by atoms with Crippen LogP contribution in [0.25, 0.3) is 0 Å². The molecule has 0 aliphatic carbocycles. The molecule has 0 aromatic rings. The molecule has 0 saturated heterocycles. The Labute approximate surface area is 41.8 Å². The number of rotatable bonds is 1. The summed E-state index contributed by atoms with van der Waals surface area (Å²) >= 11 is 0. The third-order valence-corrected chi connectivity index (χ3v) is 1.03. The Balaban J connectivity index is 3.82. The molecule has 0 rings (SSSR count). The molecule has 0 amide bonds. The van der Waals surface area contributed by atoms with Gasteiger partial charge in [0.2, 0.25) is 0 Å². The molecule has 0 radical (unpaired) electrons. The Morgan fingerprint density at radius 2 is 2.00 bits per heavy atom. The minimum absolute atomic E-state index is 0.854. The van der Waals surface area contributed by atoms with Crippen molar-refractivity contribution < 1.29 is 14.4 Å². The van der Waals surface area contributed by atoms with Gasteiger partial charge in [0, 0.05) is 5.82 Å². The van der Waals surface area contributed by atoms with Crippen molar-refractivity contribution in [3.63, 3.8) is 0 Å². The molecule has 0 bridgehead atoms. The van der Waals surface area contributed by atoms with E-state index in [0.29, 0.717) is 0 Å². The van der Waals surface area contributed by atoms with E-state index < -0.39 is 7.60 Å². The first-order chi connectivity index (χ1) is 3.06. The number of allylic oxidation sites excluding steroid dienone is 1.